The molecule has 33 heavy (non-hydrogen) atoms. The molecule has 0 radical (unpaired) electrons. The molecule has 1 aliphatic heterocycles. The lowest BCUT2D eigenvalue weighted by molar-refractivity contribution is -0.137. The summed E-state index contributed by atoms with van der Waals surface area (Å²) in [5, 5.41) is 6.95. The second-order valence-electron chi connectivity index (χ2n) is 8.65. The fourth-order valence-corrected chi connectivity index (χ4v) is 4.27. The van der Waals surface area contributed by atoms with Gasteiger partial charge in [-0.1, -0.05) is 43.3 Å². The SMILES string of the molecule is CC1CC(C)CN(C(=O)c2ccccc2NCc2nc(-c3cccc(C(F)(F)F)c3)no2)C1. The summed E-state index contributed by atoms with van der Waals surface area (Å²) in [5.74, 6) is 1.13. The van der Waals surface area contributed by atoms with Crippen LogP contribution < -0.4 is 5.32 Å². The topological polar surface area (TPSA) is 71.3 Å². The fraction of sp³-hybridized carbons (Fsp3) is 0.375. The summed E-state index contributed by atoms with van der Waals surface area (Å²) in [6, 6.07) is 12.0. The van der Waals surface area contributed by atoms with Crippen LogP contribution in [0.5, 0.6) is 0 Å². The second-order valence-corrected chi connectivity index (χ2v) is 8.65. The molecule has 2 heterocycles. The van der Waals surface area contributed by atoms with Gasteiger partial charge in [-0.05, 0) is 42.5 Å². The van der Waals surface area contributed by atoms with Crippen molar-refractivity contribution in [2.45, 2.75) is 33.0 Å². The van der Waals surface area contributed by atoms with Gasteiger partial charge in [0.15, 0.2) is 0 Å². The van der Waals surface area contributed by atoms with E-state index in [-0.39, 0.29) is 29.7 Å². The van der Waals surface area contributed by atoms with Crippen LogP contribution in [0.4, 0.5) is 18.9 Å². The first-order valence-electron chi connectivity index (χ1n) is 10.8. The number of halogens is 3. The number of amides is 1. The summed E-state index contributed by atoms with van der Waals surface area (Å²) in [6.45, 7) is 5.88. The number of carbonyl (C=O) groups is 1. The van der Waals surface area contributed by atoms with Crippen molar-refractivity contribution in [2.24, 2.45) is 11.8 Å². The molecular weight excluding hydrogens is 433 g/mol. The zero-order valence-electron chi connectivity index (χ0n) is 18.4. The Labute approximate surface area is 189 Å². The van der Waals surface area contributed by atoms with Crippen molar-refractivity contribution in [3.63, 3.8) is 0 Å². The molecule has 0 saturated carbocycles. The Hall–Kier alpha value is -3.36. The van der Waals surface area contributed by atoms with Crippen LogP contribution in [0.2, 0.25) is 0 Å². The van der Waals surface area contributed by atoms with E-state index in [9.17, 15) is 18.0 Å². The number of alkyl halides is 3. The Morgan fingerprint density at radius 1 is 1.12 bits per heavy atom. The van der Waals surface area contributed by atoms with Gasteiger partial charge in [0.2, 0.25) is 11.7 Å². The molecule has 4 rings (SSSR count). The number of nitrogens with zero attached hydrogens (tertiary/aromatic N) is 3. The van der Waals surface area contributed by atoms with E-state index < -0.39 is 11.7 Å². The summed E-state index contributed by atoms with van der Waals surface area (Å²) in [4.78, 5) is 19.3. The highest BCUT2D eigenvalue weighted by Crippen LogP contribution is 2.31. The third-order valence-electron chi connectivity index (χ3n) is 5.66. The number of aromatic nitrogens is 2. The molecule has 1 fully saturated rings. The molecule has 1 N–H and O–H groups in total. The fourth-order valence-electron chi connectivity index (χ4n) is 4.27. The van der Waals surface area contributed by atoms with Crippen molar-refractivity contribution in [1.29, 1.82) is 0 Å². The third kappa shape index (κ3) is 5.35. The number of rotatable bonds is 5. The van der Waals surface area contributed by atoms with Gasteiger partial charge >= 0.3 is 6.18 Å². The van der Waals surface area contributed by atoms with Gasteiger partial charge in [0.25, 0.3) is 5.91 Å². The van der Waals surface area contributed by atoms with Crippen LogP contribution in [-0.2, 0) is 12.7 Å². The van der Waals surface area contributed by atoms with Crippen LogP contribution in [0.3, 0.4) is 0 Å². The van der Waals surface area contributed by atoms with Gasteiger partial charge in [0.1, 0.15) is 0 Å². The highest BCUT2D eigenvalue weighted by Gasteiger charge is 2.31. The van der Waals surface area contributed by atoms with E-state index in [2.05, 4.69) is 29.3 Å². The first kappa shape index (κ1) is 22.8. The molecule has 2 atom stereocenters. The van der Waals surface area contributed by atoms with E-state index in [0.29, 0.717) is 23.1 Å². The Balaban J connectivity index is 1.47. The van der Waals surface area contributed by atoms with Crippen molar-refractivity contribution >= 4 is 11.6 Å². The van der Waals surface area contributed by atoms with Gasteiger partial charge in [-0.3, -0.25) is 4.79 Å². The molecular formula is C24H25F3N4O2. The number of anilines is 1. The van der Waals surface area contributed by atoms with Gasteiger partial charge in [0.05, 0.1) is 17.7 Å². The molecule has 1 amide bonds. The van der Waals surface area contributed by atoms with E-state index in [1.807, 2.05) is 17.0 Å². The van der Waals surface area contributed by atoms with E-state index in [4.69, 9.17) is 4.52 Å². The Morgan fingerprint density at radius 3 is 2.58 bits per heavy atom. The molecule has 1 aromatic heterocycles. The quantitative estimate of drug-likeness (QED) is 0.548. The molecule has 2 aromatic carbocycles. The lowest BCUT2D eigenvalue weighted by Gasteiger charge is -2.35. The molecule has 1 aliphatic rings. The van der Waals surface area contributed by atoms with Gasteiger partial charge in [-0.15, -0.1) is 0 Å². The first-order valence-corrected chi connectivity index (χ1v) is 10.8. The minimum atomic E-state index is -4.45. The van der Waals surface area contributed by atoms with Crippen LogP contribution >= 0.6 is 0 Å². The predicted molar refractivity (Wildman–Crippen MR) is 117 cm³/mol. The van der Waals surface area contributed by atoms with E-state index >= 15 is 0 Å². The third-order valence-corrected chi connectivity index (χ3v) is 5.66. The predicted octanol–water partition coefficient (Wildman–Crippen LogP) is 5.49. The zero-order chi connectivity index (χ0) is 23.6. The van der Waals surface area contributed by atoms with Crippen LogP contribution in [0.1, 0.15) is 42.1 Å². The standard InChI is InChI=1S/C24H25F3N4O2/c1-15-10-16(2)14-31(13-15)23(32)19-8-3-4-9-20(19)28-12-21-29-22(30-33-21)17-6-5-7-18(11-17)24(25,26)27/h3-9,11,15-16,28H,10,12-14H2,1-2H3. The highest BCUT2D eigenvalue weighted by molar-refractivity contribution is 5.99. The highest BCUT2D eigenvalue weighted by atomic mass is 19.4. The number of benzene rings is 2. The van der Waals surface area contributed by atoms with E-state index in [0.717, 1.165) is 31.6 Å². The van der Waals surface area contributed by atoms with Gasteiger partial charge in [0, 0.05) is 24.3 Å². The maximum Gasteiger partial charge on any atom is 0.416 e. The monoisotopic (exact) mass is 458 g/mol. The molecule has 0 bridgehead atoms. The zero-order valence-corrected chi connectivity index (χ0v) is 18.4. The molecule has 3 aromatic rings. The number of hydrogen-bond donors (Lipinski definition) is 1. The van der Waals surface area contributed by atoms with Crippen LogP contribution in [-0.4, -0.2) is 34.0 Å². The lowest BCUT2D eigenvalue weighted by atomic mass is 9.91. The molecule has 0 spiro atoms. The summed E-state index contributed by atoms with van der Waals surface area (Å²) in [6.07, 6.45) is -3.35. The molecule has 9 heteroatoms. The van der Waals surface area contributed by atoms with Crippen LogP contribution in [0, 0.1) is 11.8 Å². The van der Waals surface area contributed by atoms with E-state index in [1.165, 1.54) is 12.1 Å². The Morgan fingerprint density at radius 2 is 1.85 bits per heavy atom. The average molecular weight is 458 g/mol. The van der Waals surface area contributed by atoms with Crippen LogP contribution in [0.25, 0.3) is 11.4 Å². The van der Waals surface area contributed by atoms with Gasteiger partial charge < -0.3 is 14.7 Å². The van der Waals surface area contributed by atoms with Gasteiger partial charge in [-0.2, -0.15) is 18.2 Å². The Kier molecular flexibility index (Phi) is 6.40. The maximum absolute atomic E-state index is 13.2. The minimum Gasteiger partial charge on any atom is -0.375 e. The summed E-state index contributed by atoms with van der Waals surface area (Å²) in [7, 11) is 0. The summed E-state index contributed by atoms with van der Waals surface area (Å²) in [5.41, 5.74) is 0.616. The van der Waals surface area contributed by atoms with Crippen molar-refractivity contribution in [3.8, 4) is 11.4 Å². The summed E-state index contributed by atoms with van der Waals surface area (Å²) >= 11 is 0. The number of piperidine rings is 1. The Bertz CT molecular complexity index is 1120. The average Bonchev–Trinajstić information content (AvgIpc) is 3.25. The second kappa shape index (κ2) is 9.25. The normalized spacial score (nSPS) is 18.9. The number of hydrogen-bond acceptors (Lipinski definition) is 5. The van der Waals surface area contributed by atoms with Crippen molar-refractivity contribution < 1.29 is 22.5 Å². The van der Waals surface area contributed by atoms with E-state index in [1.54, 1.807) is 12.1 Å². The minimum absolute atomic E-state index is 0.0355. The molecule has 6 nitrogen and oxygen atoms in total. The smallest absolute Gasteiger partial charge is 0.375 e. The lowest BCUT2D eigenvalue weighted by Crippen LogP contribution is -2.42. The van der Waals surface area contributed by atoms with Crippen molar-refractivity contribution in [3.05, 3.63) is 65.5 Å². The number of carbonyl (C=O) groups excluding carboxylic acids is 1. The molecule has 1 saturated heterocycles. The number of para-hydroxylation sites is 1. The molecule has 2 unspecified atom stereocenters. The summed E-state index contributed by atoms with van der Waals surface area (Å²) < 4.78 is 44.1. The first-order chi connectivity index (χ1) is 15.7. The van der Waals surface area contributed by atoms with Crippen LogP contribution in [0.15, 0.2) is 53.1 Å². The number of likely N-dealkylation sites (tertiary alicyclic amines) is 1. The van der Waals surface area contributed by atoms with Crippen molar-refractivity contribution in [2.75, 3.05) is 18.4 Å². The maximum atomic E-state index is 13.2. The molecule has 0 aliphatic carbocycles. The van der Waals surface area contributed by atoms with Crippen molar-refractivity contribution in [1.82, 2.24) is 15.0 Å². The molecule has 174 valence electrons. The largest absolute Gasteiger partial charge is 0.416 e. The van der Waals surface area contributed by atoms with Gasteiger partial charge in [-0.25, -0.2) is 0 Å². The number of nitrogens with one attached hydrogen (secondary N) is 1.